The van der Waals surface area contributed by atoms with Gasteiger partial charge in [-0.05, 0) is 19.4 Å². The van der Waals surface area contributed by atoms with Crippen LogP contribution >= 0.6 is 0 Å². The van der Waals surface area contributed by atoms with E-state index in [1.807, 2.05) is 0 Å². The van der Waals surface area contributed by atoms with Crippen molar-refractivity contribution in [2.24, 2.45) is 0 Å². The number of nitrogens with zero attached hydrogens (tertiary/aromatic N) is 1. The molecule has 0 aliphatic carbocycles. The molecular formula is C8H13NO3. The molecule has 12 heavy (non-hydrogen) atoms. The van der Waals surface area contributed by atoms with Crippen molar-refractivity contribution in [3.63, 3.8) is 0 Å². The zero-order chi connectivity index (χ0) is 8.55. The molecule has 0 aromatic rings. The van der Waals surface area contributed by atoms with Crippen LogP contribution in [0.2, 0.25) is 0 Å². The number of carboxylic acid groups (broad SMARTS) is 1. The SMILES string of the molecule is O=C(O)[C@@H]1CN2CCC[C@@H]2CO1. The van der Waals surface area contributed by atoms with Crippen LogP contribution in [0, 0.1) is 0 Å². The van der Waals surface area contributed by atoms with Crippen LogP contribution in [-0.2, 0) is 9.53 Å². The first-order chi connectivity index (χ1) is 5.77. The van der Waals surface area contributed by atoms with Gasteiger partial charge in [-0.1, -0.05) is 0 Å². The van der Waals surface area contributed by atoms with Gasteiger partial charge in [0, 0.05) is 12.6 Å². The Morgan fingerprint density at radius 3 is 3.17 bits per heavy atom. The van der Waals surface area contributed by atoms with E-state index < -0.39 is 12.1 Å². The van der Waals surface area contributed by atoms with Crippen molar-refractivity contribution >= 4 is 5.97 Å². The second-order valence-electron chi connectivity index (χ2n) is 3.45. The van der Waals surface area contributed by atoms with E-state index in [0.717, 1.165) is 13.0 Å². The fraction of sp³-hybridized carbons (Fsp3) is 0.875. The fourth-order valence-corrected chi connectivity index (χ4v) is 1.97. The van der Waals surface area contributed by atoms with Crippen molar-refractivity contribution in [2.75, 3.05) is 19.7 Å². The minimum atomic E-state index is -0.833. The molecule has 0 amide bonds. The summed E-state index contributed by atoms with van der Waals surface area (Å²) in [4.78, 5) is 12.8. The second kappa shape index (κ2) is 3.03. The molecule has 0 unspecified atom stereocenters. The van der Waals surface area contributed by atoms with Gasteiger partial charge in [-0.2, -0.15) is 0 Å². The normalized spacial score (nSPS) is 36.3. The van der Waals surface area contributed by atoms with Crippen molar-refractivity contribution in [2.45, 2.75) is 25.0 Å². The Bertz CT molecular complexity index is 195. The predicted molar refractivity (Wildman–Crippen MR) is 42.0 cm³/mol. The lowest BCUT2D eigenvalue weighted by molar-refractivity contribution is -0.158. The average Bonchev–Trinajstić information content (AvgIpc) is 2.49. The third kappa shape index (κ3) is 1.32. The lowest BCUT2D eigenvalue weighted by Crippen LogP contribution is -2.48. The lowest BCUT2D eigenvalue weighted by Gasteiger charge is -2.32. The maximum atomic E-state index is 10.6. The van der Waals surface area contributed by atoms with Gasteiger partial charge in [0.05, 0.1) is 6.61 Å². The van der Waals surface area contributed by atoms with Crippen LogP contribution in [-0.4, -0.2) is 47.8 Å². The summed E-state index contributed by atoms with van der Waals surface area (Å²) in [5, 5.41) is 8.71. The van der Waals surface area contributed by atoms with Crippen molar-refractivity contribution < 1.29 is 14.6 Å². The summed E-state index contributed by atoms with van der Waals surface area (Å²) in [5.41, 5.74) is 0. The Balaban J connectivity index is 1.96. The van der Waals surface area contributed by atoms with Crippen LogP contribution in [0.4, 0.5) is 0 Å². The minimum Gasteiger partial charge on any atom is -0.479 e. The molecule has 2 aliphatic rings. The van der Waals surface area contributed by atoms with Gasteiger partial charge in [0.2, 0.25) is 0 Å². The van der Waals surface area contributed by atoms with Crippen LogP contribution in [0.1, 0.15) is 12.8 Å². The smallest absolute Gasteiger partial charge is 0.334 e. The zero-order valence-electron chi connectivity index (χ0n) is 6.90. The van der Waals surface area contributed by atoms with E-state index in [9.17, 15) is 4.79 Å². The highest BCUT2D eigenvalue weighted by Crippen LogP contribution is 2.22. The number of rotatable bonds is 1. The molecule has 2 aliphatic heterocycles. The molecule has 4 nitrogen and oxygen atoms in total. The second-order valence-corrected chi connectivity index (χ2v) is 3.45. The molecule has 1 N–H and O–H groups in total. The quantitative estimate of drug-likeness (QED) is 0.600. The maximum absolute atomic E-state index is 10.6. The van der Waals surface area contributed by atoms with E-state index in [0.29, 0.717) is 19.2 Å². The number of carboxylic acids is 1. The molecule has 0 radical (unpaired) electrons. The molecule has 2 rings (SSSR count). The van der Waals surface area contributed by atoms with Crippen LogP contribution in [0.25, 0.3) is 0 Å². The first-order valence-electron chi connectivity index (χ1n) is 4.36. The molecule has 0 aromatic carbocycles. The van der Waals surface area contributed by atoms with Gasteiger partial charge < -0.3 is 9.84 Å². The predicted octanol–water partition coefficient (Wildman–Crippen LogP) is -0.0658. The van der Waals surface area contributed by atoms with Crippen molar-refractivity contribution in [1.29, 1.82) is 0 Å². The Kier molecular flexibility index (Phi) is 2.02. The monoisotopic (exact) mass is 171 g/mol. The van der Waals surface area contributed by atoms with Crippen molar-refractivity contribution in [3.8, 4) is 0 Å². The summed E-state index contributed by atoms with van der Waals surface area (Å²) in [7, 11) is 0. The number of morpholine rings is 1. The van der Waals surface area contributed by atoms with Gasteiger partial charge >= 0.3 is 5.97 Å². The zero-order valence-corrected chi connectivity index (χ0v) is 6.90. The van der Waals surface area contributed by atoms with Crippen molar-refractivity contribution in [3.05, 3.63) is 0 Å². The van der Waals surface area contributed by atoms with Crippen LogP contribution < -0.4 is 0 Å². The molecule has 68 valence electrons. The standard InChI is InChI=1S/C8H13NO3/c10-8(11)7-4-9-3-1-2-6(9)5-12-7/h6-7H,1-5H2,(H,10,11)/t6-,7+/m1/s1. The number of hydrogen-bond acceptors (Lipinski definition) is 3. The van der Waals surface area contributed by atoms with E-state index >= 15 is 0 Å². The number of fused-ring (bicyclic) bond motifs is 1. The summed E-state index contributed by atoms with van der Waals surface area (Å²) >= 11 is 0. The largest absolute Gasteiger partial charge is 0.479 e. The first kappa shape index (κ1) is 8.01. The number of aliphatic carboxylic acids is 1. The van der Waals surface area contributed by atoms with E-state index in [1.165, 1.54) is 6.42 Å². The van der Waals surface area contributed by atoms with Gasteiger partial charge in [0.25, 0.3) is 0 Å². The lowest BCUT2D eigenvalue weighted by atomic mass is 10.2. The van der Waals surface area contributed by atoms with Gasteiger partial charge in [0.15, 0.2) is 6.10 Å². The fourth-order valence-electron chi connectivity index (χ4n) is 1.97. The molecular weight excluding hydrogens is 158 g/mol. The summed E-state index contributed by atoms with van der Waals surface area (Å²) in [5.74, 6) is -0.833. The Hall–Kier alpha value is -0.610. The van der Waals surface area contributed by atoms with Crippen LogP contribution in [0.3, 0.4) is 0 Å². The molecule has 0 bridgehead atoms. The molecule has 0 aromatic heterocycles. The van der Waals surface area contributed by atoms with Gasteiger partial charge in [-0.25, -0.2) is 4.79 Å². The highest BCUT2D eigenvalue weighted by Gasteiger charge is 2.34. The van der Waals surface area contributed by atoms with E-state index in [2.05, 4.69) is 4.90 Å². The highest BCUT2D eigenvalue weighted by atomic mass is 16.5. The number of ether oxygens (including phenoxy) is 1. The number of carbonyl (C=O) groups is 1. The molecule has 2 heterocycles. The molecule has 2 fully saturated rings. The van der Waals surface area contributed by atoms with Gasteiger partial charge in [0.1, 0.15) is 0 Å². The van der Waals surface area contributed by atoms with E-state index in [1.54, 1.807) is 0 Å². The maximum Gasteiger partial charge on any atom is 0.334 e. The van der Waals surface area contributed by atoms with Crippen LogP contribution in [0.15, 0.2) is 0 Å². The topological polar surface area (TPSA) is 49.8 Å². The summed E-state index contributed by atoms with van der Waals surface area (Å²) < 4.78 is 5.21. The molecule has 4 heteroatoms. The Labute approximate surface area is 71.1 Å². The van der Waals surface area contributed by atoms with Gasteiger partial charge in [-0.15, -0.1) is 0 Å². The van der Waals surface area contributed by atoms with E-state index in [4.69, 9.17) is 9.84 Å². The minimum absolute atomic E-state index is 0.487. The number of hydrogen-bond donors (Lipinski definition) is 1. The molecule has 0 spiro atoms. The molecule has 2 saturated heterocycles. The van der Waals surface area contributed by atoms with E-state index in [-0.39, 0.29) is 0 Å². The van der Waals surface area contributed by atoms with Gasteiger partial charge in [-0.3, -0.25) is 4.90 Å². The molecule has 0 saturated carbocycles. The third-order valence-electron chi connectivity index (χ3n) is 2.66. The Morgan fingerprint density at radius 2 is 2.42 bits per heavy atom. The Morgan fingerprint density at radius 1 is 1.58 bits per heavy atom. The summed E-state index contributed by atoms with van der Waals surface area (Å²) in [6.45, 7) is 2.20. The first-order valence-corrected chi connectivity index (χ1v) is 4.36. The van der Waals surface area contributed by atoms with Crippen molar-refractivity contribution in [1.82, 2.24) is 4.90 Å². The molecule has 2 atom stereocenters. The highest BCUT2D eigenvalue weighted by molar-refractivity contribution is 5.72. The summed E-state index contributed by atoms with van der Waals surface area (Å²) in [6.07, 6.45) is 1.74. The summed E-state index contributed by atoms with van der Waals surface area (Å²) in [6, 6.07) is 0.487. The third-order valence-corrected chi connectivity index (χ3v) is 2.66. The van der Waals surface area contributed by atoms with Crippen LogP contribution in [0.5, 0.6) is 0 Å². The average molecular weight is 171 g/mol.